The molecule has 4 rings (SSSR count). The van der Waals surface area contributed by atoms with Crippen LogP contribution in [0.3, 0.4) is 0 Å². The number of nitrogens with zero attached hydrogens (tertiary/aromatic N) is 4. The molecule has 3 heterocycles. The normalized spacial score (nSPS) is 16.0. The molecular formula is C18H13N5O2. The van der Waals surface area contributed by atoms with E-state index >= 15 is 0 Å². The third kappa shape index (κ3) is 2.78. The highest BCUT2D eigenvalue weighted by Crippen LogP contribution is 2.27. The third-order valence-electron chi connectivity index (χ3n) is 3.64. The standard InChI is InChI=1S/C18H13N5O2/c24-13-7-3-9-19-17(13)22-15-11-5-1-2-6-12(11)16(21-15)23-18-14(25)8-4-10-20-18/h1-10,24-25H,(H,19,20,21,22,23). The lowest BCUT2D eigenvalue weighted by Crippen LogP contribution is -2.22. The van der Waals surface area contributed by atoms with Crippen LogP contribution in [-0.4, -0.2) is 31.9 Å². The second-order valence-corrected chi connectivity index (χ2v) is 5.28. The molecule has 1 aliphatic heterocycles. The summed E-state index contributed by atoms with van der Waals surface area (Å²) in [7, 11) is 0. The molecule has 7 heteroatoms. The van der Waals surface area contributed by atoms with E-state index < -0.39 is 0 Å². The number of aromatic nitrogens is 2. The summed E-state index contributed by atoms with van der Waals surface area (Å²) < 4.78 is 0. The Morgan fingerprint density at radius 1 is 0.680 bits per heavy atom. The van der Waals surface area contributed by atoms with E-state index in [9.17, 15) is 10.2 Å². The van der Waals surface area contributed by atoms with E-state index in [1.54, 1.807) is 24.5 Å². The maximum absolute atomic E-state index is 9.89. The van der Waals surface area contributed by atoms with Gasteiger partial charge in [-0.25, -0.2) is 20.0 Å². The van der Waals surface area contributed by atoms with E-state index in [1.165, 1.54) is 12.1 Å². The number of hydrogen-bond acceptors (Lipinski definition) is 6. The predicted octanol–water partition coefficient (Wildman–Crippen LogP) is 2.65. The zero-order chi connectivity index (χ0) is 17.2. The molecule has 0 amide bonds. The van der Waals surface area contributed by atoms with Crippen molar-refractivity contribution in [2.45, 2.75) is 0 Å². The molecule has 1 aliphatic rings. The van der Waals surface area contributed by atoms with Gasteiger partial charge in [-0.3, -0.25) is 0 Å². The number of rotatable bonds is 2. The van der Waals surface area contributed by atoms with Gasteiger partial charge >= 0.3 is 0 Å². The van der Waals surface area contributed by atoms with Crippen LogP contribution >= 0.6 is 0 Å². The lowest BCUT2D eigenvalue weighted by Gasteiger charge is -2.02. The van der Waals surface area contributed by atoms with Gasteiger partial charge in [0.2, 0.25) is 0 Å². The number of aromatic hydroxyl groups is 2. The summed E-state index contributed by atoms with van der Waals surface area (Å²) in [5.41, 5.74) is 1.64. The van der Waals surface area contributed by atoms with Crippen molar-refractivity contribution in [1.29, 1.82) is 0 Å². The fourth-order valence-corrected chi connectivity index (χ4v) is 2.48. The molecule has 2 aromatic heterocycles. The highest BCUT2D eigenvalue weighted by atomic mass is 16.3. The molecule has 7 nitrogen and oxygen atoms in total. The number of aliphatic imine (C=N–C) groups is 2. The van der Waals surface area contributed by atoms with Gasteiger partial charge in [0.05, 0.1) is 0 Å². The maximum Gasteiger partial charge on any atom is 0.196 e. The Balaban J connectivity index is 1.81. The van der Waals surface area contributed by atoms with Crippen LogP contribution in [0.1, 0.15) is 11.1 Å². The summed E-state index contributed by atoms with van der Waals surface area (Å²) in [5.74, 6) is 1.42. The Hall–Kier alpha value is -3.74. The van der Waals surface area contributed by atoms with Crippen molar-refractivity contribution in [2.75, 3.05) is 0 Å². The summed E-state index contributed by atoms with van der Waals surface area (Å²) in [5, 5.41) is 22.9. The Morgan fingerprint density at radius 2 is 1.16 bits per heavy atom. The topological polar surface area (TPSA) is 103 Å². The SMILES string of the molecule is Oc1cccnc1/N=C1\N/C(=N/c2ncccc2O)c2ccccc21. The van der Waals surface area contributed by atoms with Crippen LogP contribution < -0.4 is 5.32 Å². The number of nitrogens with one attached hydrogen (secondary N) is 1. The van der Waals surface area contributed by atoms with Crippen LogP contribution in [0.25, 0.3) is 0 Å². The maximum atomic E-state index is 9.89. The molecule has 0 spiro atoms. The Bertz CT molecular complexity index is 933. The van der Waals surface area contributed by atoms with Crippen LogP contribution in [0, 0.1) is 0 Å². The minimum Gasteiger partial charge on any atom is -0.504 e. The van der Waals surface area contributed by atoms with Gasteiger partial charge in [-0.1, -0.05) is 24.3 Å². The quantitative estimate of drug-likeness (QED) is 0.670. The molecule has 1 aromatic carbocycles. The molecule has 0 aliphatic carbocycles. The van der Waals surface area contributed by atoms with Gasteiger partial charge in [0, 0.05) is 23.5 Å². The van der Waals surface area contributed by atoms with Crippen molar-refractivity contribution in [1.82, 2.24) is 15.3 Å². The fourth-order valence-electron chi connectivity index (χ4n) is 2.48. The van der Waals surface area contributed by atoms with Gasteiger partial charge in [-0.2, -0.15) is 0 Å². The number of benzene rings is 1. The molecule has 0 radical (unpaired) electrons. The minimum atomic E-state index is -0.0120. The average Bonchev–Trinajstić information content (AvgIpc) is 2.97. The first-order chi connectivity index (χ1) is 12.2. The van der Waals surface area contributed by atoms with E-state index in [0.717, 1.165) is 11.1 Å². The molecule has 25 heavy (non-hydrogen) atoms. The van der Waals surface area contributed by atoms with Crippen LogP contribution in [0.15, 0.2) is 70.9 Å². The van der Waals surface area contributed by atoms with Crippen molar-refractivity contribution in [3.63, 3.8) is 0 Å². The molecule has 3 N–H and O–H groups in total. The molecular weight excluding hydrogens is 318 g/mol. The second kappa shape index (κ2) is 6.04. The molecule has 0 atom stereocenters. The molecule has 0 bridgehead atoms. The lowest BCUT2D eigenvalue weighted by atomic mass is 10.1. The first kappa shape index (κ1) is 14.8. The van der Waals surface area contributed by atoms with E-state index in [0.29, 0.717) is 11.7 Å². The van der Waals surface area contributed by atoms with E-state index in [-0.39, 0.29) is 23.1 Å². The number of pyridine rings is 2. The average molecular weight is 331 g/mol. The smallest absolute Gasteiger partial charge is 0.196 e. The Morgan fingerprint density at radius 3 is 1.60 bits per heavy atom. The summed E-state index contributed by atoms with van der Waals surface area (Å²) in [4.78, 5) is 16.9. The molecule has 0 saturated carbocycles. The second-order valence-electron chi connectivity index (χ2n) is 5.28. The summed E-state index contributed by atoms with van der Waals surface area (Å²) in [6, 6.07) is 13.9. The molecule has 122 valence electrons. The van der Waals surface area contributed by atoms with Gasteiger partial charge in [-0.05, 0) is 24.3 Å². The van der Waals surface area contributed by atoms with Gasteiger partial charge in [0.15, 0.2) is 23.1 Å². The van der Waals surface area contributed by atoms with Crippen LogP contribution in [0.5, 0.6) is 11.5 Å². The molecule has 0 fully saturated rings. The van der Waals surface area contributed by atoms with Gasteiger partial charge < -0.3 is 15.5 Å². The van der Waals surface area contributed by atoms with Crippen LogP contribution in [-0.2, 0) is 0 Å². The molecule has 0 unspecified atom stereocenters. The van der Waals surface area contributed by atoms with Gasteiger partial charge in [0.25, 0.3) is 0 Å². The van der Waals surface area contributed by atoms with Crippen molar-refractivity contribution in [3.8, 4) is 11.5 Å². The minimum absolute atomic E-state index is 0.0120. The summed E-state index contributed by atoms with van der Waals surface area (Å²) >= 11 is 0. The van der Waals surface area contributed by atoms with Crippen LogP contribution in [0.2, 0.25) is 0 Å². The monoisotopic (exact) mass is 331 g/mol. The first-order valence-electron chi connectivity index (χ1n) is 7.54. The van der Waals surface area contributed by atoms with Gasteiger partial charge in [-0.15, -0.1) is 0 Å². The van der Waals surface area contributed by atoms with Crippen molar-refractivity contribution < 1.29 is 10.2 Å². The fraction of sp³-hybridized carbons (Fsp3) is 0. The number of hydrogen-bond donors (Lipinski definition) is 3. The zero-order valence-corrected chi connectivity index (χ0v) is 13.0. The van der Waals surface area contributed by atoms with Crippen LogP contribution in [0.4, 0.5) is 11.6 Å². The Kier molecular flexibility index (Phi) is 3.59. The van der Waals surface area contributed by atoms with Crippen molar-refractivity contribution >= 4 is 23.3 Å². The van der Waals surface area contributed by atoms with Crippen molar-refractivity contribution in [2.24, 2.45) is 9.98 Å². The van der Waals surface area contributed by atoms with Gasteiger partial charge in [0.1, 0.15) is 11.7 Å². The Labute approximate surface area is 143 Å². The van der Waals surface area contributed by atoms with Crippen molar-refractivity contribution in [3.05, 3.63) is 72.1 Å². The zero-order valence-electron chi connectivity index (χ0n) is 13.0. The summed E-state index contributed by atoms with van der Waals surface area (Å²) in [6.07, 6.45) is 3.11. The van der Waals surface area contributed by atoms with E-state index in [2.05, 4.69) is 25.3 Å². The van der Waals surface area contributed by atoms with E-state index in [4.69, 9.17) is 0 Å². The molecule has 0 saturated heterocycles. The highest BCUT2D eigenvalue weighted by Gasteiger charge is 2.24. The largest absolute Gasteiger partial charge is 0.504 e. The third-order valence-corrected chi connectivity index (χ3v) is 3.64. The highest BCUT2D eigenvalue weighted by molar-refractivity contribution is 6.26. The predicted molar refractivity (Wildman–Crippen MR) is 93.8 cm³/mol. The lowest BCUT2D eigenvalue weighted by molar-refractivity contribution is 0.474. The number of fused-ring (bicyclic) bond motifs is 1. The first-order valence-corrected chi connectivity index (χ1v) is 7.54. The summed E-state index contributed by atoms with van der Waals surface area (Å²) in [6.45, 7) is 0. The molecule has 3 aromatic rings. The van der Waals surface area contributed by atoms with E-state index in [1.807, 2.05) is 24.3 Å². The number of amidine groups is 2.